The molecule has 116 valence electrons. The zero-order valence-corrected chi connectivity index (χ0v) is 13.8. The van der Waals surface area contributed by atoms with Crippen molar-refractivity contribution in [1.29, 1.82) is 0 Å². The average molecular weight is 292 g/mol. The summed E-state index contributed by atoms with van der Waals surface area (Å²) in [5.41, 5.74) is 0.821. The van der Waals surface area contributed by atoms with Gasteiger partial charge in [0.15, 0.2) is 0 Å². The van der Waals surface area contributed by atoms with Gasteiger partial charge in [-0.15, -0.1) is 0 Å². The number of hydrogen-bond acceptors (Lipinski definition) is 4. The number of nitrogens with zero attached hydrogens (tertiary/aromatic N) is 2. The second-order valence-corrected chi connectivity index (χ2v) is 6.81. The highest BCUT2D eigenvalue weighted by Gasteiger charge is 2.52. The summed E-state index contributed by atoms with van der Waals surface area (Å²) in [6.07, 6.45) is 5.61. The topological polar surface area (TPSA) is 56.5 Å². The fourth-order valence-corrected chi connectivity index (χ4v) is 2.11. The number of rotatable bonds is 4. The molecule has 6 heteroatoms. The minimum atomic E-state index is -0.526. The lowest BCUT2D eigenvalue weighted by Crippen LogP contribution is -2.41. The van der Waals surface area contributed by atoms with Crippen molar-refractivity contribution in [2.75, 3.05) is 6.61 Å². The number of aliphatic hydroxyl groups is 1. The summed E-state index contributed by atoms with van der Waals surface area (Å²) in [6.45, 7) is 12.0. The van der Waals surface area contributed by atoms with Gasteiger partial charge in [-0.1, -0.05) is 6.08 Å². The second kappa shape index (κ2) is 5.59. The number of aliphatic hydroxyl groups excluding tert-OH is 1. The van der Waals surface area contributed by atoms with Crippen LogP contribution >= 0.6 is 0 Å². The van der Waals surface area contributed by atoms with E-state index in [0.29, 0.717) is 11.5 Å². The van der Waals surface area contributed by atoms with Crippen LogP contribution < -0.4 is 0 Å². The van der Waals surface area contributed by atoms with Gasteiger partial charge in [0.1, 0.15) is 0 Å². The molecule has 0 atom stereocenters. The first-order chi connectivity index (χ1) is 9.66. The minimum Gasteiger partial charge on any atom is -0.400 e. The van der Waals surface area contributed by atoms with E-state index in [0.717, 1.165) is 5.56 Å². The Morgan fingerprint density at radius 1 is 1.33 bits per heavy atom. The third-order valence-corrected chi connectivity index (χ3v) is 4.24. The lowest BCUT2D eigenvalue weighted by Gasteiger charge is -2.32. The van der Waals surface area contributed by atoms with Crippen LogP contribution in [0.2, 0.25) is 0 Å². The van der Waals surface area contributed by atoms with Crippen LogP contribution in [0.3, 0.4) is 0 Å². The minimum absolute atomic E-state index is 0.107. The first kappa shape index (κ1) is 16.3. The van der Waals surface area contributed by atoms with Crippen LogP contribution in [0.1, 0.15) is 53.1 Å². The maximum Gasteiger partial charge on any atom is 0.492 e. The molecule has 1 N–H and O–H groups in total. The standard InChI is InChI=1S/C15H25BN2O3/c1-11(2)18-9-12(8-17-18)7-13(10-19)16-20-14(3,4)15(5,6)21-16/h7-9,11,19H,10H2,1-6H3. The third-order valence-electron chi connectivity index (χ3n) is 4.24. The summed E-state index contributed by atoms with van der Waals surface area (Å²) in [6, 6.07) is 0.307. The van der Waals surface area contributed by atoms with Crippen molar-refractivity contribution < 1.29 is 14.4 Å². The van der Waals surface area contributed by atoms with Gasteiger partial charge < -0.3 is 14.4 Å². The molecule has 0 radical (unpaired) electrons. The lowest BCUT2D eigenvalue weighted by atomic mass is 9.78. The van der Waals surface area contributed by atoms with Crippen LogP contribution in [0.15, 0.2) is 17.9 Å². The number of hydrogen-bond donors (Lipinski definition) is 1. The van der Waals surface area contributed by atoms with Crippen LogP contribution in [-0.2, 0) is 9.31 Å². The van der Waals surface area contributed by atoms with E-state index in [1.165, 1.54) is 0 Å². The molecule has 1 aromatic heterocycles. The maximum absolute atomic E-state index is 9.65. The summed E-state index contributed by atoms with van der Waals surface area (Å²) in [7, 11) is -0.526. The van der Waals surface area contributed by atoms with Crippen molar-refractivity contribution in [2.45, 2.75) is 58.8 Å². The second-order valence-electron chi connectivity index (χ2n) is 6.81. The highest BCUT2D eigenvalue weighted by atomic mass is 16.7. The van der Waals surface area contributed by atoms with E-state index in [1.54, 1.807) is 6.20 Å². The molecule has 1 aliphatic heterocycles. The van der Waals surface area contributed by atoms with E-state index in [2.05, 4.69) is 18.9 Å². The summed E-state index contributed by atoms with van der Waals surface area (Å²) in [4.78, 5) is 0. The average Bonchev–Trinajstić information content (AvgIpc) is 2.90. The Balaban J connectivity index is 2.22. The maximum atomic E-state index is 9.65. The predicted octanol–water partition coefficient (Wildman–Crippen LogP) is 2.47. The summed E-state index contributed by atoms with van der Waals surface area (Å²) >= 11 is 0. The van der Waals surface area contributed by atoms with Gasteiger partial charge in [-0.25, -0.2) is 0 Å². The quantitative estimate of drug-likeness (QED) is 0.866. The smallest absolute Gasteiger partial charge is 0.400 e. The molecule has 0 spiro atoms. The normalized spacial score (nSPS) is 21.3. The van der Waals surface area contributed by atoms with Crippen molar-refractivity contribution in [3.8, 4) is 0 Å². The molecule has 21 heavy (non-hydrogen) atoms. The van der Waals surface area contributed by atoms with Crippen LogP contribution in [0, 0.1) is 0 Å². The van der Waals surface area contributed by atoms with E-state index in [4.69, 9.17) is 9.31 Å². The molecule has 1 aliphatic rings. The molecule has 0 bridgehead atoms. The Bertz CT molecular complexity index is 519. The summed E-state index contributed by atoms with van der Waals surface area (Å²) in [5.74, 6) is 0. The zero-order valence-electron chi connectivity index (χ0n) is 13.8. The monoisotopic (exact) mass is 292 g/mol. The van der Waals surface area contributed by atoms with E-state index in [1.807, 2.05) is 44.6 Å². The van der Waals surface area contributed by atoms with Crippen LogP contribution in [0.4, 0.5) is 0 Å². The molecule has 0 aromatic carbocycles. The van der Waals surface area contributed by atoms with Crippen LogP contribution in [-0.4, -0.2) is 39.8 Å². The predicted molar refractivity (Wildman–Crippen MR) is 83.8 cm³/mol. The van der Waals surface area contributed by atoms with Crippen molar-refractivity contribution >= 4 is 13.2 Å². The molecule has 5 nitrogen and oxygen atoms in total. The molecule has 0 aliphatic carbocycles. The third kappa shape index (κ3) is 3.22. The molecule has 1 aromatic rings. The first-order valence-corrected chi connectivity index (χ1v) is 7.37. The molecule has 0 saturated carbocycles. The van der Waals surface area contributed by atoms with Gasteiger partial charge in [-0.2, -0.15) is 5.10 Å². The van der Waals surface area contributed by atoms with Gasteiger partial charge in [-0.05, 0) is 47.0 Å². The van der Waals surface area contributed by atoms with Gasteiger partial charge in [0.05, 0.1) is 24.0 Å². The summed E-state index contributed by atoms with van der Waals surface area (Å²) < 4.78 is 13.8. The fraction of sp³-hybridized carbons (Fsp3) is 0.667. The van der Waals surface area contributed by atoms with Gasteiger partial charge in [0.25, 0.3) is 0 Å². The SMILES string of the molecule is CC(C)n1cc(C=C(CO)B2OC(C)(C)C(C)(C)O2)cn1. The van der Waals surface area contributed by atoms with E-state index >= 15 is 0 Å². The Morgan fingerprint density at radius 2 is 1.90 bits per heavy atom. The lowest BCUT2D eigenvalue weighted by molar-refractivity contribution is 0.00578. The highest BCUT2D eigenvalue weighted by Crippen LogP contribution is 2.38. The van der Waals surface area contributed by atoms with Gasteiger partial charge in [0, 0.05) is 17.8 Å². The molecular weight excluding hydrogens is 267 g/mol. The van der Waals surface area contributed by atoms with Crippen molar-refractivity contribution in [2.24, 2.45) is 0 Å². The molecule has 0 amide bonds. The van der Waals surface area contributed by atoms with Crippen molar-refractivity contribution in [1.82, 2.24) is 9.78 Å². The van der Waals surface area contributed by atoms with Gasteiger partial charge in [0.2, 0.25) is 0 Å². The molecule has 2 heterocycles. The molecule has 1 saturated heterocycles. The van der Waals surface area contributed by atoms with Gasteiger partial charge >= 0.3 is 7.12 Å². The van der Waals surface area contributed by atoms with E-state index in [9.17, 15) is 5.11 Å². The van der Waals surface area contributed by atoms with Crippen molar-refractivity contribution in [3.05, 3.63) is 23.4 Å². The largest absolute Gasteiger partial charge is 0.492 e. The molecule has 1 fully saturated rings. The molecular formula is C15H25BN2O3. The Morgan fingerprint density at radius 3 is 2.33 bits per heavy atom. The van der Waals surface area contributed by atoms with Crippen LogP contribution in [0.25, 0.3) is 6.08 Å². The molecule has 2 rings (SSSR count). The van der Waals surface area contributed by atoms with Gasteiger partial charge in [-0.3, -0.25) is 4.68 Å². The van der Waals surface area contributed by atoms with E-state index in [-0.39, 0.29) is 6.61 Å². The Labute approximate surface area is 127 Å². The van der Waals surface area contributed by atoms with E-state index < -0.39 is 18.3 Å². The zero-order chi connectivity index (χ0) is 15.8. The Kier molecular flexibility index (Phi) is 4.33. The Hall–Kier alpha value is -1.11. The van der Waals surface area contributed by atoms with Crippen molar-refractivity contribution in [3.63, 3.8) is 0 Å². The number of aromatic nitrogens is 2. The molecule has 0 unspecified atom stereocenters. The summed E-state index contributed by atoms with van der Waals surface area (Å²) in [5, 5.41) is 13.9. The van der Waals surface area contributed by atoms with Crippen LogP contribution in [0.5, 0.6) is 0 Å². The highest BCUT2D eigenvalue weighted by molar-refractivity contribution is 6.55. The first-order valence-electron chi connectivity index (χ1n) is 7.37. The fourth-order valence-electron chi connectivity index (χ4n) is 2.11.